The number of aromatic nitrogens is 2. The average Bonchev–Trinajstić information content (AvgIpc) is 2.65. The third-order valence-corrected chi connectivity index (χ3v) is 3.80. The minimum Gasteiger partial charge on any atom is -0.371 e. The van der Waals surface area contributed by atoms with Crippen molar-refractivity contribution in [2.75, 3.05) is 11.4 Å². The minimum absolute atomic E-state index is 0.0134. The Bertz CT molecular complexity index is 556. The van der Waals surface area contributed by atoms with E-state index in [9.17, 15) is 9.90 Å². The summed E-state index contributed by atoms with van der Waals surface area (Å²) in [7, 11) is 0. The van der Waals surface area contributed by atoms with Crippen molar-refractivity contribution in [1.29, 1.82) is 0 Å². The summed E-state index contributed by atoms with van der Waals surface area (Å²) in [4.78, 5) is 15.3. The van der Waals surface area contributed by atoms with Crippen molar-refractivity contribution in [3.8, 4) is 0 Å². The van der Waals surface area contributed by atoms with Crippen LogP contribution < -0.4 is 4.90 Å². The Labute approximate surface area is 129 Å². The zero-order chi connectivity index (χ0) is 15.9. The molecule has 1 atom stereocenters. The van der Waals surface area contributed by atoms with Crippen molar-refractivity contribution in [2.24, 2.45) is 0 Å². The summed E-state index contributed by atoms with van der Waals surface area (Å²) in [5.41, 5.74) is 0.560. The van der Waals surface area contributed by atoms with E-state index in [1.54, 1.807) is 11.0 Å². The largest absolute Gasteiger partial charge is 0.371 e. The minimum atomic E-state index is -0.928. The average molecular weight is 313 g/mol. The Hall–Kier alpha value is -1.40. The zero-order valence-electron chi connectivity index (χ0n) is 13.0. The molecule has 0 aromatic carbocycles. The molecule has 1 aliphatic heterocycles. The molecule has 2 heterocycles. The van der Waals surface area contributed by atoms with E-state index in [2.05, 4.69) is 10.2 Å². The SMILES string of the molecule is CC(C)N1CC(O)N(c2cc(C(C)(C)C)c(Cl)nn2)C1=O. The molecule has 0 aliphatic carbocycles. The van der Waals surface area contributed by atoms with Crippen LogP contribution in [0, 0.1) is 0 Å². The molecule has 1 unspecified atom stereocenters. The molecule has 0 radical (unpaired) electrons. The number of anilines is 1. The lowest BCUT2D eigenvalue weighted by Gasteiger charge is -2.24. The standard InChI is InChI=1S/C14H21ClN4O2/c1-8(2)18-7-11(20)19(13(18)21)10-6-9(14(3,4)5)12(15)17-16-10/h6,8,11,20H,7H2,1-5H3. The van der Waals surface area contributed by atoms with Gasteiger partial charge in [-0.2, -0.15) is 0 Å². The molecule has 7 heteroatoms. The Morgan fingerprint density at radius 3 is 2.48 bits per heavy atom. The van der Waals surface area contributed by atoms with Crippen LogP contribution >= 0.6 is 11.6 Å². The molecule has 1 saturated heterocycles. The molecule has 6 nitrogen and oxygen atoms in total. The topological polar surface area (TPSA) is 69.6 Å². The fraction of sp³-hybridized carbons (Fsp3) is 0.643. The number of halogens is 1. The van der Waals surface area contributed by atoms with Gasteiger partial charge >= 0.3 is 6.03 Å². The number of carbonyl (C=O) groups is 1. The molecule has 1 N–H and O–H groups in total. The van der Waals surface area contributed by atoms with Gasteiger partial charge in [-0.15, -0.1) is 10.2 Å². The molecule has 0 spiro atoms. The molecule has 0 saturated carbocycles. The number of carbonyl (C=O) groups excluding carboxylic acids is 1. The van der Waals surface area contributed by atoms with E-state index in [1.807, 2.05) is 34.6 Å². The first kappa shape index (κ1) is 16.0. The van der Waals surface area contributed by atoms with Crippen molar-refractivity contribution in [3.05, 3.63) is 16.8 Å². The van der Waals surface area contributed by atoms with Crippen LogP contribution in [-0.2, 0) is 5.41 Å². The summed E-state index contributed by atoms with van der Waals surface area (Å²) in [5, 5.41) is 18.4. The number of hydrogen-bond acceptors (Lipinski definition) is 4. The fourth-order valence-corrected chi connectivity index (χ4v) is 2.67. The number of β-amino-alcohol motifs (C(OH)–C–C–N with tert-alkyl or cyclic N) is 1. The summed E-state index contributed by atoms with van der Waals surface area (Å²) in [6.07, 6.45) is -0.928. The van der Waals surface area contributed by atoms with Gasteiger partial charge in [-0.3, -0.25) is 0 Å². The maximum atomic E-state index is 12.4. The number of amides is 2. The van der Waals surface area contributed by atoms with Gasteiger partial charge in [0, 0.05) is 11.6 Å². The first-order chi connectivity index (χ1) is 9.62. The van der Waals surface area contributed by atoms with Gasteiger partial charge in [0.1, 0.15) is 0 Å². The molecule has 1 fully saturated rings. The third-order valence-electron chi connectivity index (χ3n) is 3.52. The number of aliphatic hydroxyl groups excluding tert-OH is 1. The van der Waals surface area contributed by atoms with Gasteiger partial charge in [-0.1, -0.05) is 32.4 Å². The van der Waals surface area contributed by atoms with Crippen molar-refractivity contribution in [1.82, 2.24) is 15.1 Å². The lowest BCUT2D eigenvalue weighted by Crippen LogP contribution is -2.38. The van der Waals surface area contributed by atoms with E-state index >= 15 is 0 Å². The Balaban J connectivity index is 2.41. The highest BCUT2D eigenvalue weighted by Crippen LogP contribution is 2.32. The number of aliphatic hydroxyl groups is 1. The summed E-state index contributed by atoms with van der Waals surface area (Å²) in [6.45, 7) is 10.1. The van der Waals surface area contributed by atoms with Crippen LogP contribution in [0.1, 0.15) is 40.2 Å². The lowest BCUT2D eigenvalue weighted by atomic mass is 9.88. The van der Waals surface area contributed by atoms with E-state index in [4.69, 9.17) is 11.6 Å². The first-order valence-corrected chi connectivity index (χ1v) is 7.32. The van der Waals surface area contributed by atoms with Gasteiger partial charge in [-0.05, 0) is 25.3 Å². The van der Waals surface area contributed by atoms with Crippen LogP contribution in [0.4, 0.5) is 10.6 Å². The summed E-state index contributed by atoms with van der Waals surface area (Å²) in [6, 6.07) is 1.47. The second-order valence-electron chi connectivity index (χ2n) is 6.54. The highest BCUT2D eigenvalue weighted by molar-refractivity contribution is 6.30. The number of urea groups is 1. The fourth-order valence-electron chi connectivity index (χ4n) is 2.29. The van der Waals surface area contributed by atoms with Crippen molar-refractivity contribution >= 4 is 23.4 Å². The Morgan fingerprint density at radius 2 is 2.00 bits per heavy atom. The lowest BCUT2D eigenvalue weighted by molar-refractivity contribution is 0.166. The molecular weight excluding hydrogens is 292 g/mol. The first-order valence-electron chi connectivity index (χ1n) is 6.94. The maximum Gasteiger partial charge on any atom is 0.328 e. The molecule has 21 heavy (non-hydrogen) atoms. The Morgan fingerprint density at radius 1 is 1.38 bits per heavy atom. The maximum absolute atomic E-state index is 12.4. The molecule has 116 valence electrons. The molecular formula is C14H21ClN4O2. The van der Waals surface area contributed by atoms with Crippen LogP contribution in [0.25, 0.3) is 0 Å². The van der Waals surface area contributed by atoms with E-state index in [0.29, 0.717) is 11.0 Å². The van der Waals surface area contributed by atoms with Gasteiger partial charge in [0.25, 0.3) is 0 Å². The monoisotopic (exact) mass is 312 g/mol. The molecule has 1 aromatic rings. The van der Waals surface area contributed by atoms with Crippen LogP contribution in [0.2, 0.25) is 5.15 Å². The van der Waals surface area contributed by atoms with Gasteiger partial charge < -0.3 is 10.0 Å². The second kappa shape index (κ2) is 5.42. The van der Waals surface area contributed by atoms with Crippen LogP contribution in [0.3, 0.4) is 0 Å². The number of nitrogens with zero attached hydrogens (tertiary/aromatic N) is 4. The molecule has 1 aliphatic rings. The highest BCUT2D eigenvalue weighted by atomic mass is 35.5. The molecule has 0 bridgehead atoms. The van der Waals surface area contributed by atoms with Crippen molar-refractivity contribution < 1.29 is 9.90 Å². The zero-order valence-corrected chi connectivity index (χ0v) is 13.7. The smallest absolute Gasteiger partial charge is 0.328 e. The second-order valence-corrected chi connectivity index (χ2v) is 6.89. The number of rotatable bonds is 2. The highest BCUT2D eigenvalue weighted by Gasteiger charge is 2.39. The summed E-state index contributed by atoms with van der Waals surface area (Å²) >= 11 is 6.09. The van der Waals surface area contributed by atoms with Crippen LogP contribution in [0.5, 0.6) is 0 Å². The van der Waals surface area contributed by atoms with E-state index in [-0.39, 0.29) is 24.0 Å². The number of hydrogen-bond donors (Lipinski definition) is 1. The predicted molar refractivity (Wildman–Crippen MR) is 81.5 cm³/mol. The van der Waals surface area contributed by atoms with Gasteiger partial charge in [-0.25, -0.2) is 9.69 Å². The molecule has 1 aromatic heterocycles. The van der Waals surface area contributed by atoms with E-state index in [0.717, 1.165) is 5.56 Å². The van der Waals surface area contributed by atoms with Crippen molar-refractivity contribution in [2.45, 2.75) is 52.3 Å². The van der Waals surface area contributed by atoms with Crippen LogP contribution in [0.15, 0.2) is 6.07 Å². The van der Waals surface area contributed by atoms with Crippen molar-refractivity contribution in [3.63, 3.8) is 0 Å². The normalized spacial score (nSPS) is 19.8. The predicted octanol–water partition coefficient (Wildman–Crippen LogP) is 2.40. The quantitative estimate of drug-likeness (QED) is 0.910. The van der Waals surface area contributed by atoms with E-state index < -0.39 is 6.23 Å². The van der Waals surface area contributed by atoms with Gasteiger partial charge in [0.2, 0.25) is 0 Å². The molecule has 2 rings (SSSR count). The molecule has 2 amide bonds. The van der Waals surface area contributed by atoms with E-state index in [1.165, 1.54) is 4.90 Å². The van der Waals surface area contributed by atoms with Gasteiger partial charge in [0.15, 0.2) is 17.2 Å². The summed E-state index contributed by atoms with van der Waals surface area (Å²) < 4.78 is 0. The Kier molecular flexibility index (Phi) is 4.13. The van der Waals surface area contributed by atoms with Crippen LogP contribution in [-0.4, -0.2) is 45.0 Å². The van der Waals surface area contributed by atoms with Gasteiger partial charge in [0.05, 0.1) is 6.54 Å². The third kappa shape index (κ3) is 2.96. The summed E-state index contributed by atoms with van der Waals surface area (Å²) in [5.74, 6) is 0.324.